The Morgan fingerprint density at radius 3 is 2.83 bits per heavy atom. The molecular weight excluding hydrogens is 252 g/mol. The van der Waals surface area contributed by atoms with Crippen LogP contribution in [0.3, 0.4) is 0 Å². The SMILES string of the molecule is CN1C(=O)CC[C@H](C(N)=O)[C@@H]1c1cccc(Cl)c1. The van der Waals surface area contributed by atoms with Gasteiger partial charge in [0.2, 0.25) is 11.8 Å². The maximum absolute atomic E-state index is 11.8. The van der Waals surface area contributed by atoms with Gasteiger partial charge < -0.3 is 10.6 Å². The summed E-state index contributed by atoms with van der Waals surface area (Å²) in [6.07, 6.45) is 0.858. The van der Waals surface area contributed by atoms with Gasteiger partial charge in [-0.25, -0.2) is 0 Å². The predicted molar refractivity (Wildman–Crippen MR) is 68.9 cm³/mol. The summed E-state index contributed by atoms with van der Waals surface area (Å²) >= 11 is 5.96. The number of rotatable bonds is 2. The number of hydrogen-bond donors (Lipinski definition) is 1. The van der Waals surface area contributed by atoms with Crippen LogP contribution in [-0.2, 0) is 9.59 Å². The summed E-state index contributed by atoms with van der Waals surface area (Å²) < 4.78 is 0. The summed E-state index contributed by atoms with van der Waals surface area (Å²) in [7, 11) is 1.70. The van der Waals surface area contributed by atoms with E-state index in [1.807, 2.05) is 12.1 Å². The summed E-state index contributed by atoms with van der Waals surface area (Å²) in [4.78, 5) is 24.9. The van der Waals surface area contributed by atoms with Crippen LogP contribution in [0.15, 0.2) is 24.3 Å². The van der Waals surface area contributed by atoms with Crippen molar-refractivity contribution in [2.45, 2.75) is 18.9 Å². The molecule has 2 rings (SSSR count). The number of nitrogens with zero attached hydrogens (tertiary/aromatic N) is 1. The lowest BCUT2D eigenvalue weighted by atomic mass is 9.84. The fourth-order valence-electron chi connectivity index (χ4n) is 2.48. The maximum Gasteiger partial charge on any atom is 0.222 e. The number of nitrogens with two attached hydrogens (primary N) is 1. The number of amides is 2. The number of likely N-dealkylation sites (tertiary alicyclic amines) is 1. The molecule has 1 saturated heterocycles. The molecule has 18 heavy (non-hydrogen) atoms. The Morgan fingerprint density at radius 2 is 2.22 bits per heavy atom. The molecule has 1 heterocycles. The Kier molecular flexibility index (Phi) is 3.57. The van der Waals surface area contributed by atoms with Crippen molar-refractivity contribution in [1.82, 2.24) is 4.90 Å². The van der Waals surface area contributed by atoms with Gasteiger partial charge in [0.1, 0.15) is 0 Å². The number of benzene rings is 1. The van der Waals surface area contributed by atoms with Crippen LogP contribution in [0, 0.1) is 5.92 Å². The molecule has 1 aliphatic heterocycles. The van der Waals surface area contributed by atoms with Gasteiger partial charge in [-0.05, 0) is 24.1 Å². The van der Waals surface area contributed by atoms with Gasteiger partial charge in [-0.15, -0.1) is 0 Å². The molecule has 1 aliphatic rings. The molecule has 0 aliphatic carbocycles. The van der Waals surface area contributed by atoms with E-state index in [2.05, 4.69) is 0 Å². The van der Waals surface area contributed by atoms with Gasteiger partial charge in [-0.2, -0.15) is 0 Å². The van der Waals surface area contributed by atoms with E-state index in [4.69, 9.17) is 17.3 Å². The van der Waals surface area contributed by atoms with E-state index in [0.717, 1.165) is 5.56 Å². The highest BCUT2D eigenvalue weighted by atomic mass is 35.5. The van der Waals surface area contributed by atoms with E-state index in [1.165, 1.54) is 0 Å². The normalized spacial score (nSPS) is 24.1. The van der Waals surface area contributed by atoms with Crippen LogP contribution in [0.2, 0.25) is 5.02 Å². The first-order chi connectivity index (χ1) is 8.50. The molecule has 2 N–H and O–H groups in total. The van der Waals surface area contributed by atoms with Crippen LogP contribution in [0.1, 0.15) is 24.4 Å². The summed E-state index contributed by atoms with van der Waals surface area (Å²) in [5.41, 5.74) is 6.28. The zero-order valence-corrected chi connectivity index (χ0v) is 10.9. The van der Waals surface area contributed by atoms with Gasteiger partial charge in [0, 0.05) is 18.5 Å². The van der Waals surface area contributed by atoms with E-state index in [-0.39, 0.29) is 23.8 Å². The predicted octanol–water partition coefficient (Wildman–Crippen LogP) is 1.73. The molecule has 0 spiro atoms. The van der Waals surface area contributed by atoms with Gasteiger partial charge in [-0.3, -0.25) is 9.59 Å². The molecule has 1 aromatic carbocycles. The Morgan fingerprint density at radius 1 is 1.50 bits per heavy atom. The number of carbonyl (C=O) groups excluding carboxylic acids is 2. The highest BCUT2D eigenvalue weighted by molar-refractivity contribution is 6.30. The summed E-state index contributed by atoms with van der Waals surface area (Å²) in [6, 6.07) is 6.89. The minimum absolute atomic E-state index is 0.0254. The Hall–Kier alpha value is -1.55. The maximum atomic E-state index is 11.8. The zero-order valence-electron chi connectivity index (χ0n) is 10.1. The molecule has 5 heteroatoms. The Balaban J connectivity index is 2.41. The molecule has 2 amide bonds. The third kappa shape index (κ3) is 2.34. The lowest BCUT2D eigenvalue weighted by Crippen LogP contribution is -2.44. The van der Waals surface area contributed by atoms with Gasteiger partial charge in [0.05, 0.1) is 12.0 Å². The highest BCUT2D eigenvalue weighted by Gasteiger charge is 2.37. The van der Waals surface area contributed by atoms with Crippen LogP contribution >= 0.6 is 11.6 Å². The minimum atomic E-state index is -0.376. The number of halogens is 1. The van der Waals surface area contributed by atoms with Gasteiger partial charge in [0.25, 0.3) is 0 Å². The molecular formula is C13H15ClN2O2. The van der Waals surface area contributed by atoms with E-state index >= 15 is 0 Å². The Labute approximate surface area is 111 Å². The second-order valence-electron chi connectivity index (χ2n) is 4.55. The highest BCUT2D eigenvalue weighted by Crippen LogP contribution is 2.36. The Bertz CT molecular complexity index is 490. The fourth-order valence-corrected chi connectivity index (χ4v) is 2.68. The van der Waals surface area contributed by atoms with E-state index in [1.54, 1.807) is 24.1 Å². The van der Waals surface area contributed by atoms with Crippen molar-refractivity contribution in [1.29, 1.82) is 0 Å². The molecule has 1 aromatic rings. The largest absolute Gasteiger partial charge is 0.369 e. The van der Waals surface area contributed by atoms with Crippen LogP contribution in [0.25, 0.3) is 0 Å². The standard InChI is InChI=1S/C13H15ClN2O2/c1-16-11(17)6-5-10(13(15)18)12(16)8-3-2-4-9(14)7-8/h2-4,7,10,12H,5-6H2,1H3,(H2,15,18)/t10-,12-/m0/s1. The summed E-state index contributed by atoms with van der Waals surface area (Å²) in [6.45, 7) is 0. The van der Waals surface area contributed by atoms with E-state index < -0.39 is 0 Å². The number of carbonyl (C=O) groups is 2. The van der Waals surface area contributed by atoms with Crippen molar-refractivity contribution in [2.24, 2.45) is 11.7 Å². The molecule has 0 saturated carbocycles. The first-order valence-corrected chi connectivity index (χ1v) is 6.19. The molecule has 0 aromatic heterocycles. The van der Waals surface area contributed by atoms with Crippen molar-refractivity contribution in [3.63, 3.8) is 0 Å². The van der Waals surface area contributed by atoms with Gasteiger partial charge in [-0.1, -0.05) is 23.7 Å². The second kappa shape index (κ2) is 4.98. The topological polar surface area (TPSA) is 63.4 Å². The fraction of sp³-hybridized carbons (Fsp3) is 0.385. The van der Waals surface area contributed by atoms with Crippen LogP contribution in [-0.4, -0.2) is 23.8 Å². The average molecular weight is 267 g/mol. The molecule has 4 nitrogen and oxygen atoms in total. The van der Waals surface area contributed by atoms with Crippen LogP contribution in [0.5, 0.6) is 0 Å². The lowest BCUT2D eigenvalue weighted by molar-refractivity contribution is -0.140. The molecule has 1 fully saturated rings. The van der Waals surface area contributed by atoms with Crippen molar-refractivity contribution >= 4 is 23.4 Å². The summed E-state index contributed by atoms with van der Waals surface area (Å²) in [5, 5.41) is 0.585. The molecule has 0 radical (unpaired) electrons. The van der Waals surface area contributed by atoms with Gasteiger partial charge >= 0.3 is 0 Å². The number of piperidine rings is 1. The van der Waals surface area contributed by atoms with Crippen molar-refractivity contribution in [3.8, 4) is 0 Å². The van der Waals surface area contributed by atoms with Crippen molar-refractivity contribution < 1.29 is 9.59 Å². The molecule has 2 atom stereocenters. The van der Waals surface area contributed by atoms with Crippen molar-refractivity contribution in [2.75, 3.05) is 7.05 Å². The third-order valence-electron chi connectivity index (χ3n) is 3.42. The summed E-state index contributed by atoms with van der Waals surface area (Å²) in [5.74, 6) is -0.706. The first kappa shape index (κ1) is 12.9. The zero-order chi connectivity index (χ0) is 13.3. The van der Waals surface area contributed by atoms with E-state index in [9.17, 15) is 9.59 Å². The number of hydrogen-bond acceptors (Lipinski definition) is 2. The monoisotopic (exact) mass is 266 g/mol. The molecule has 0 unspecified atom stereocenters. The smallest absolute Gasteiger partial charge is 0.222 e. The number of primary amides is 1. The minimum Gasteiger partial charge on any atom is -0.369 e. The van der Waals surface area contributed by atoms with Crippen molar-refractivity contribution in [3.05, 3.63) is 34.9 Å². The first-order valence-electron chi connectivity index (χ1n) is 5.81. The average Bonchev–Trinajstić information content (AvgIpc) is 2.32. The quantitative estimate of drug-likeness (QED) is 0.886. The third-order valence-corrected chi connectivity index (χ3v) is 3.65. The van der Waals surface area contributed by atoms with Gasteiger partial charge in [0.15, 0.2) is 0 Å². The van der Waals surface area contributed by atoms with E-state index in [0.29, 0.717) is 17.9 Å². The second-order valence-corrected chi connectivity index (χ2v) is 4.99. The molecule has 96 valence electrons. The lowest BCUT2D eigenvalue weighted by Gasteiger charge is -2.37. The van der Waals surface area contributed by atoms with Crippen LogP contribution in [0.4, 0.5) is 0 Å². The molecule has 0 bridgehead atoms. The van der Waals surface area contributed by atoms with Crippen LogP contribution < -0.4 is 5.73 Å².